The van der Waals surface area contributed by atoms with Crippen molar-refractivity contribution in [1.29, 1.82) is 0 Å². The first-order valence-corrected chi connectivity index (χ1v) is 7.32. The minimum absolute atomic E-state index is 0. The maximum atomic E-state index is 2.31. The van der Waals surface area contributed by atoms with Crippen LogP contribution in [0.1, 0.15) is 0 Å². The molecule has 0 radical (unpaired) electrons. The van der Waals surface area contributed by atoms with Crippen molar-refractivity contribution >= 4 is 30.5 Å². The molecule has 0 aliphatic heterocycles. The van der Waals surface area contributed by atoms with Crippen LogP contribution in [0.25, 0.3) is 0 Å². The molecule has 0 saturated carbocycles. The molecular formula is C4H13ClMgSi. The molecule has 0 spiro atoms. The number of rotatable bonds is 0. The van der Waals surface area contributed by atoms with Gasteiger partial charge in [-0.3, -0.25) is 0 Å². The van der Waals surface area contributed by atoms with Gasteiger partial charge in [-0.1, -0.05) is 19.6 Å². The number of hydrogen-bond donors (Lipinski definition) is 0. The molecule has 0 bridgehead atoms. The summed E-state index contributed by atoms with van der Waals surface area (Å²) >= 11 is 1.86. The van der Waals surface area contributed by atoms with Gasteiger partial charge in [-0.2, -0.15) is 0 Å². The summed E-state index contributed by atoms with van der Waals surface area (Å²) in [5, 5.41) is 2.03. The molecule has 0 unspecified atom stereocenters. The van der Waals surface area contributed by atoms with E-state index in [9.17, 15) is 0 Å². The van der Waals surface area contributed by atoms with Crippen LogP contribution < -0.4 is 12.4 Å². The Bertz CT molecular complexity index is 16.4. The summed E-state index contributed by atoms with van der Waals surface area (Å²) in [5.41, 5.74) is 0. The van der Waals surface area contributed by atoms with Gasteiger partial charge in [-0.05, 0) is 0 Å². The van der Waals surface area contributed by atoms with Gasteiger partial charge in [-0.25, -0.2) is 0 Å². The van der Waals surface area contributed by atoms with Crippen molar-refractivity contribution in [3.63, 3.8) is 0 Å². The zero-order valence-electron chi connectivity index (χ0n) is 5.66. The van der Waals surface area contributed by atoms with Crippen molar-refractivity contribution in [2.45, 2.75) is 24.7 Å². The Kier molecular flexibility index (Phi) is 35.2. The van der Waals surface area contributed by atoms with E-state index in [1.54, 1.807) is 0 Å². The minimum atomic E-state index is -0.139. The van der Waals surface area contributed by atoms with Gasteiger partial charge in [0, 0.05) is 8.80 Å². The van der Waals surface area contributed by atoms with Gasteiger partial charge in [0.15, 0.2) is 0 Å². The van der Waals surface area contributed by atoms with E-state index >= 15 is 0 Å². The molecule has 0 aromatic heterocycles. The van der Waals surface area contributed by atoms with Crippen LogP contribution in [0.15, 0.2) is 0 Å². The third kappa shape index (κ3) is 125. The Morgan fingerprint density at radius 1 is 1.00 bits per heavy atom. The van der Waals surface area contributed by atoms with Crippen LogP contribution in [-0.2, 0) is 0 Å². The van der Waals surface area contributed by atoms with Crippen molar-refractivity contribution < 1.29 is 12.4 Å². The summed E-state index contributed by atoms with van der Waals surface area (Å²) in [4.78, 5) is 0. The fourth-order valence-corrected chi connectivity index (χ4v) is 0. The molecule has 0 saturated heterocycles. The molecule has 0 fully saturated rings. The number of hydrogen-bond acceptors (Lipinski definition) is 0. The summed E-state index contributed by atoms with van der Waals surface area (Å²) in [6.45, 7) is 6.92. The molecule has 0 aromatic carbocycles. The number of halogens is 1. The molecule has 0 N–H and O–H groups in total. The van der Waals surface area contributed by atoms with Crippen LogP contribution in [0.5, 0.6) is 0 Å². The van der Waals surface area contributed by atoms with Crippen molar-refractivity contribution in [1.82, 2.24) is 0 Å². The van der Waals surface area contributed by atoms with Gasteiger partial charge in [0.1, 0.15) is 0 Å². The molecule has 0 rings (SSSR count). The van der Waals surface area contributed by atoms with Crippen molar-refractivity contribution in [2.75, 3.05) is 0 Å². The van der Waals surface area contributed by atoms with E-state index in [1.165, 1.54) is 0 Å². The Hall–Kier alpha value is 1.27. The van der Waals surface area contributed by atoms with E-state index in [1.807, 2.05) is 26.8 Å². The van der Waals surface area contributed by atoms with Gasteiger partial charge in [0.05, 0.1) is 0 Å². The van der Waals surface area contributed by atoms with Gasteiger partial charge in [0.2, 0.25) is 0 Å². The van der Waals surface area contributed by atoms with Gasteiger partial charge in [0.25, 0.3) is 0 Å². The largest absolute Gasteiger partial charge is 1.00 e. The Morgan fingerprint density at radius 3 is 1.00 bits per heavy atom. The molecule has 0 amide bonds. The zero-order chi connectivity index (χ0) is 5.58. The van der Waals surface area contributed by atoms with E-state index in [0.717, 1.165) is 0 Å². The normalized spacial score (nSPS) is 6.14. The molecule has 0 aromatic rings. The van der Waals surface area contributed by atoms with Crippen LogP contribution in [0, 0.1) is 0 Å². The monoisotopic (exact) mass is 148 g/mol. The third-order valence-corrected chi connectivity index (χ3v) is 0. The molecule has 0 atom stereocenters. The predicted molar refractivity (Wildman–Crippen MR) is 36.4 cm³/mol. The van der Waals surface area contributed by atoms with Crippen LogP contribution in [0.2, 0.25) is 24.7 Å². The summed E-state index contributed by atoms with van der Waals surface area (Å²) in [5.74, 6) is 0. The van der Waals surface area contributed by atoms with Crippen molar-refractivity contribution in [3.05, 3.63) is 0 Å². The molecule has 42 valence electrons. The second-order valence-corrected chi connectivity index (χ2v) is 5.20. The first kappa shape index (κ1) is 15.7. The maximum absolute atomic E-state index is 2.31. The smallest absolute Gasteiger partial charge is 1.00 e. The quantitative estimate of drug-likeness (QED) is 0.360. The van der Waals surface area contributed by atoms with Crippen LogP contribution in [-0.4, -0.2) is 30.5 Å². The summed E-state index contributed by atoms with van der Waals surface area (Å²) in [6, 6.07) is 0. The summed E-state index contributed by atoms with van der Waals surface area (Å²) < 4.78 is 0. The predicted octanol–water partition coefficient (Wildman–Crippen LogP) is -1.69. The molecular weight excluding hydrogens is 136 g/mol. The van der Waals surface area contributed by atoms with E-state index in [-0.39, 0.29) is 21.2 Å². The fourth-order valence-electron chi connectivity index (χ4n) is 0. The van der Waals surface area contributed by atoms with Crippen LogP contribution in [0.4, 0.5) is 0 Å². The average molecular weight is 149 g/mol. The molecule has 0 aliphatic rings. The van der Waals surface area contributed by atoms with Crippen molar-refractivity contribution in [3.8, 4) is 0 Å². The van der Waals surface area contributed by atoms with E-state index in [0.29, 0.717) is 0 Å². The van der Waals surface area contributed by atoms with E-state index < -0.39 is 0 Å². The second-order valence-electron chi connectivity index (χ2n) is 1.73. The standard InChI is InChI=1S/C3H10Si.CH3.ClH.Mg/c1-4(2)3;;;/h4H,1-3H3;1H3;1H;/q;;;+1/p-1. The van der Waals surface area contributed by atoms with Crippen LogP contribution in [0.3, 0.4) is 0 Å². The topological polar surface area (TPSA) is 0 Å². The second kappa shape index (κ2) is 15.7. The Balaban J connectivity index is -0.0000000480. The molecule has 7 heavy (non-hydrogen) atoms. The minimum Gasteiger partial charge on any atom is -1.00 e. The summed E-state index contributed by atoms with van der Waals surface area (Å²) in [6.07, 6.45) is 0. The van der Waals surface area contributed by atoms with E-state index in [2.05, 4.69) is 19.6 Å². The van der Waals surface area contributed by atoms with E-state index in [4.69, 9.17) is 0 Å². The third-order valence-electron chi connectivity index (χ3n) is 0. The molecule has 3 heteroatoms. The van der Waals surface area contributed by atoms with Crippen molar-refractivity contribution in [2.24, 2.45) is 0 Å². The van der Waals surface area contributed by atoms with Gasteiger partial charge in [-0.15, -0.1) is 0 Å². The SMILES string of the molecule is C[SiH](C)C.[CH3][Mg+].[Cl-]. The average Bonchev–Trinajstić information content (AvgIpc) is 1.41. The first-order valence-electron chi connectivity index (χ1n) is 2.44. The van der Waals surface area contributed by atoms with Gasteiger partial charge >= 0.3 is 26.8 Å². The maximum Gasteiger partial charge on any atom is -1.00 e. The first-order chi connectivity index (χ1) is 2.73. The Morgan fingerprint density at radius 2 is 1.00 bits per heavy atom. The van der Waals surface area contributed by atoms with Crippen LogP contribution >= 0.6 is 0 Å². The van der Waals surface area contributed by atoms with Gasteiger partial charge < -0.3 is 12.4 Å². The Labute approximate surface area is 67.5 Å². The molecule has 0 aliphatic carbocycles. The fraction of sp³-hybridized carbons (Fsp3) is 1.00. The molecule has 0 heterocycles. The zero-order valence-corrected chi connectivity index (χ0v) is 8.99. The summed E-state index contributed by atoms with van der Waals surface area (Å²) in [7, 11) is -0.139. The molecule has 0 nitrogen and oxygen atoms in total.